The molecule has 1 atom stereocenters. The molecular weight excluding hydrogens is 404 g/mol. The van der Waals surface area contributed by atoms with Gasteiger partial charge in [0.2, 0.25) is 5.91 Å². The highest BCUT2D eigenvalue weighted by Gasteiger charge is 2.32. The lowest BCUT2D eigenvalue weighted by molar-refractivity contribution is -0.134. The van der Waals surface area contributed by atoms with Gasteiger partial charge >= 0.3 is 0 Å². The molecule has 9 heteroatoms. The second-order valence-electron chi connectivity index (χ2n) is 9.10. The zero-order valence-electron chi connectivity index (χ0n) is 17.7. The van der Waals surface area contributed by atoms with Gasteiger partial charge in [-0.2, -0.15) is 5.10 Å². The van der Waals surface area contributed by atoms with Gasteiger partial charge in [-0.25, -0.2) is 8.78 Å². The first kappa shape index (κ1) is 20.6. The molecule has 168 valence electrons. The lowest BCUT2D eigenvalue weighted by atomic mass is 10.1. The molecule has 7 nitrogen and oxygen atoms in total. The fourth-order valence-electron chi connectivity index (χ4n) is 5.51. The predicted octanol–water partition coefficient (Wildman–Crippen LogP) is 2.95. The quantitative estimate of drug-likeness (QED) is 0.727. The number of halogens is 2. The van der Waals surface area contributed by atoms with E-state index in [0.29, 0.717) is 18.0 Å². The van der Waals surface area contributed by atoms with Crippen molar-refractivity contribution < 1.29 is 13.6 Å². The molecule has 0 spiro atoms. The van der Waals surface area contributed by atoms with Crippen molar-refractivity contribution in [1.29, 1.82) is 0 Å². The number of fused-ring (bicyclic) bond motifs is 2. The maximum Gasteiger partial charge on any atom is 0.264 e. The number of hydrogen-bond acceptors (Lipinski definition) is 4. The second-order valence-corrected chi connectivity index (χ2v) is 9.10. The molecule has 0 unspecified atom stereocenters. The highest BCUT2D eigenvalue weighted by molar-refractivity contribution is 5.80. The lowest BCUT2D eigenvalue weighted by Gasteiger charge is -2.37. The summed E-state index contributed by atoms with van der Waals surface area (Å²) >= 11 is 0. The number of alkyl halides is 2. The molecular formula is C22H29F2N5O2. The van der Waals surface area contributed by atoms with E-state index < -0.39 is 12.0 Å². The lowest BCUT2D eigenvalue weighted by Crippen LogP contribution is -2.52. The molecule has 1 aliphatic carbocycles. The predicted molar refractivity (Wildman–Crippen MR) is 112 cm³/mol. The van der Waals surface area contributed by atoms with E-state index in [1.807, 2.05) is 4.90 Å². The second kappa shape index (κ2) is 8.33. The van der Waals surface area contributed by atoms with E-state index in [0.717, 1.165) is 57.8 Å². The summed E-state index contributed by atoms with van der Waals surface area (Å²) in [6.45, 7) is 3.62. The summed E-state index contributed by atoms with van der Waals surface area (Å²) in [5.74, 6) is 0.0137. The molecule has 1 amide bonds. The van der Waals surface area contributed by atoms with Gasteiger partial charge in [-0.05, 0) is 32.2 Å². The van der Waals surface area contributed by atoms with Crippen molar-refractivity contribution in [3.8, 4) is 0 Å². The number of carbonyl (C=O) groups excluding carboxylic acids is 1. The standard InChI is InChI=1S/C22H29F2N5O2/c23-21(24)17-12-20(31)28(22-18(17)14-29(25-22)15-4-1-2-5-15)9-7-19(30)27-11-10-26-8-3-6-16(26)13-27/h12,14-16,21H,1-11,13H2/t16-/m1/s1. The summed E-state index contributed by atoms with van der Waals surface area (Å²) in [4.78, 5) is 29.8. The zero-order chi connectivity index (χ0) is 21.5. The number of hydrogen-bond donors (Lipinski definition) is 0. The Morgan fingerprint density at radius 3 is 2.65 bits per heavy atom. The van der Waals surface area contributed by atoms with Gasteiger partial charge < -0.3 is 4.90 Å². The third-order valence-corrected chi connectivity index (χ3v) is 7.25. The smallest absolute Gasteiger partial charge is 0.264 e. The molecule has 1 saturated carbocycles. The van der Waals surface area contributed by atoms with Crippen LogP contribution in [0.4, 0.5) is 8.78 Å². The van der Waals surface area contributed by atoms with Crippen molar-refractivity contribution in [3.63, 3.8) is 0 Å². The SMILES string of the molecule is O=C(CCn1c(=O)cc(C(F)F)c2cn(C3CCCC3)nc21)N1CCN2CCC[C@@H]2C1. The van der Waals surface area contributed by atoms with Crippen LogP contribution in [0.1, 0.15) is 63.0 Å². The van der Waals surface area contributed by atoms with Crippen LogP contribution in [0.5, 0.6) is 0 Å². The molecule has 0 N–H and O–H groups in total. The van der Waals surface area contributed by atoms with Gasteiger partial charge in [0.15, 0.2) is 5.65 Å². The minimum atomic E-state index is -2.74. The van der Waals surface area contributed by atoms with E-state index in [-0.39, 0.29) is 36.1 Å². The van der Waals surface area contributed by atoms with E-state index in [1.54, 1.807) is 10.9 Å². The number of amides is 1. The maximum absolute atomic E-state index is 13.6. The molecule has 0 bridgehead atoms. The number of piperazine rings is 1. The first-order valence-corrected chi connectivity index (χ1v) is 11.4. The molecule has 3 fully saturated rings. The largest absolute Gasteiger partial charge is 0.340 e. The fourth-order valence-corrected chi connectivity index (χ4v) is 5.51. The van der Waals surface area contributed by atoms with Crippen LogP contribution >= 0.6 is 0 Å². The number of carbonyl (C=O) groups is 1. The molecule has 0 radical (unpaired) electrons. The molecule has 3 aliphatic rings. The van der Waals surface area contributed by atoms with Crippen LogP contribution in [0.15, 0.2) is 17.1 Å². The van der Waals surface area contributed by atoms with Crippen LogP contribution in [0.25, 0.3) is 11.0 Å². The van der Waals surface area contributed by atoms with Crippen molar-refractivity contribution in [3.05, 3.63) is 28.2 Å². The third kappa shape index (κ3) is 3.88. The van der Waals surface area contributed by atoms with Gasteiger partial charge in [-0.1, -0.05) is 12.8 Å². The number of nitrogens with zero attached hydrogens (tertiary/aromatic N) is 5. The highest BCUT2D eigenvalue weighted by atomic mass is 19.3. The minimum Gasteiger partial charge on any atom is -0.340 e. The van der Waals surface area contributed by atoms with Crippen LogP contribution in [-0.2, 0) is 11.3 Å². The Balaban J connectivity index is 1.38. The summed E-state index contributed by atoms with van der Waals surface area (Å²) in [5.41, 5.74) is -0.528. The first-order chi connectivity index (χ1) is 15.0. The van der Waals surface area contributed by atoms with Crippen molar-refractivity contribution >= 4 is 16.9 Å². The molecule has 2 aliphatic heterocycles. The molecule has 2 saturated heterocycles. The molecule has 4 heterocycles. The number of aromatic nitrogens is 3. The van der Waals surface area contributed by atoms with E-state index >= 15 is 0 Å². The summed E-state index contributed by atoms with van der Waals surface area (Å²) in [5, 5.41) is 4.86. The summed E-state index contributed by atoms with van der Waals surface area (Å²) in [7, 11) is 0. The summed E-state index contributed by atoms with van der Waals surface area (Å²) in [6, 6.07) is 1.64. The Labute approximate surface area is 179 Å². The normalized spacial score (nSPS) is 22.7. The van der Waals surface area contributed by atoms with Crippen molar-refractivity contribution in [2.75, 3.05) is 26.2 Å². The molecule has 2 aromatic rings. The van der Waals surface area contributed by atoms with Crippen LogP contribution in [0.3, 0.4) is 0 Å². The summed E-state index contributed by atoms with van der Waals surface area (Å²) in [6.07, 6.45) is 5.52. The van der Waals surface area contributed by atoms with Crippen molar-refractivity contribution in [2.24, 2.45) is 0 Å². The van der Waals surface area contributed by atoms with Gasteiger partial charge in [0.25, 0.3) is 12.0 Å². The maximum atomic E-state index is 13.6. The van der Waals surface area contributed by atoms with Crippen LogP contribution in [0.2, 0.25) is 0 Å². The van der Waals surface area contributed by atoms with E-state index in [4.69, 9.17) is 0 Å². The Morgan fingerprint density at radius 2 is 1.87 bits per heavy atom. The Hall–Kier alpha value is -2.29. The van der Waals surface area contributed by atoms with Crippen LogP contribution < -0.4 is 5.56 Å². The van der Waals surface area contributed by atoms with Crippen LogP contribution in [0, 0.1) is 0 Å². The average Bonchev–Trinajstić information content (AvgIpc) is 3.51. The summed E-state index contributed by atoms with van der Waals surface area (Å²) < 4.78 is 30.4. The molecule has 0 aromatic carbocycles. The van der Waals surface area contributed by atoms with Gasteiger partial charge in [0.05, 0.1) is 6.04 Å². The molecule has 31 heavy (non-hydrogen) atoms. The van der Waals surface area contributed by atoms with E-state index in [1.165, 1.54) is 11.0 Å². The average molecular weight is 434 g/mol. The first-order valence-electron chi connectivity index (χ1n) is 11.4. The number of rotatable bonds is 5. The molecule has 5 rings (SSSR count). The molecule has 2 aromatic heterocycles. The highest BCUT2D eigenvalue weighted by Crippen LogP contribution is 2.32. The number of aryl methyl sites for hydroxylation is 1. The Morgan fingerprint density at radius 1 is 1.10 bits per heavy atom. The monoisotopic (exact) mass is 433 g/mol. The van der Waals surface area contributed by atoms with E-state index in [9.17, 15) is 18.4 Å². The van der Waals surface area contributed by atoms with Crippen LogP contribution in [-0.4, -0.2) is 62.3 Å². The van der Waals surface area contributed by atoms with E-state index in [2.05, 4.69) is 10.00 Å². The minimum absolute atomic E-state index is 0.0137. The van der Waals surface area contributed by atoms with Gasteiger partial charge in [0, 0.05) is 61.9 Å². The van der Waals surface area contributed by atoms with Gasteiger partial charge in [0.1, 0.15) is 0 Å². The van der Waals surface area contributed by atoms with Gasteiger partial charge in [-0.3, -0.25) is 23.7 Å². The topological polar surface area (TPSA) is 63.4 Å². The van der Waals surface area contributed by atoms with Crippen molar-refractivity contribution in [1.82, 2.24) is 24.1 Å². The Kier molecular flexibility index (Phi) is 5.54. The number of pyridine rings is 1. The fraction of sp³-hybridized carbons (Fsp3) is 0.682. The van der Waals surface area contributed by atoms with Crippen molar-refractivity contribution in [2.45, 2.75) is 70.0 Å². The zero-order valence-corrected chi connectivity index (χ0v) is 17.7. The Bertz CT molecular complexity index is 1030. The third-order valence-electron chi connectivity index (χ3n) is 7.25. The van der Waals surface area contributed by atoms with Gasteiger partial charge in [-0.15, -0.1) is 0 Å².